The zero-order chi connectivity index (χ0) is 15.2. The minimum atomic E-state index is 0.312. The summed E-state index contributed by atoms with van der Waals surface area (Å²) in [4.78, 5) is 0. The first-order chi connectivity index (χ1) is 10.2. The molecule has 21 heavy (non-hydrogen) atoms. The number of nitrogens with zero attached hydrogens (tertiary/aromatic N) is 3. The van der Waals surface area contributed by atoms with E-state index in [2.05, 4.69) is 32.2 Å². The molecule has 1 heterocycles. The lowest BCUT2D eigenvalue weighted by Crippen LogP contribution is -2.07. The van der Waals surface area contributed by atoms with Crippen molar-refractivity contribution in [2.45, 2.75) is 33.3 Å². The Balaban J connectivity index is 2.26. The third-order valence-electron chi connectivity index (χ3n) is 3.19. The van der Waals surface area contributed by atoms with Gasteiger partial charge in [-0.1, -0.05) is 41.9 Å². The van der Waals surface area contributed by atoms with Crippen LogP contribution in [-0.2, 0) is 19.4 Å². The molecule has 0 aliphatic heterocycles. The van der Waals surface area contributed by atoms with Crippen molar-refractivity contribution < 1.29 is 4.74 Å². The summed E-state index contributed by atoms with van der Waals surface area (Å²) in [5, 5.41) is 17.6. The van der Waals surface area contributed by atoms with E-state index in [0.717, 1.165) is 34.1 Å². The van der Waals surface area contributed by atoms with Crippen LogP contribution in [0.2, 0.25) is 0 Å². The maximum atomic E-state index is 9.39. The largest absolute Gasteiger partial charge is 0.471 e. The van der Waals surface area contributed by atoms with Gasteiger partial charge in [0.05, 0.1) is 5.69 Å². The lowest BCUT2D eigenvalue weighted by Gasteiger charge is -2.11. The Labute approximate surface area is 132 Å². The fourth-order valence-corrected chi connectivity index (χ4v) is 2.60. The van der Waals surface area contributed by atoms with Gasteiger partial charge in [0, 0.05) is 4.47 Å². The molecule has 0 spiro atoms. The molecule has 1 aromatic heterocycles. The molecule has 5 heteroatoms. The molecule has 0 N–H and O–H groups in total. The van der Waals surface area contributed by atoms with E-state index in [9.17, 15) is 5.26 Å². The number of aromatic nitrogens is 2. The average molecular weight is 346 g/mol. The molecule has 0 saturated heterocycles. The Bertz CT molecular complexity index is 680. The lowest BCUT2D eigenvalue weighted by atomic mass is 10.0. The van der Waals surface area contributed by atoms with E-state index in [0.29, 0.717) is 18.1 Å². The van der Waals surface area contributed by atoms with Gasteiger partial charge in [-0.25, -0.2) is 0 Å². The van der Waals surface area contributed by atoms with E-state index in [1.165, 1.54) is 0 Å². The molecular formula is C16H16BrN3O. The minimum Gasteiger partial charge on any atom is -0.471 e. The average Bonchev–Trinajstić information content (AvgIpc) is 2.51. The summed E-state index contributed by atoms with van der Waals surface area (Å²) in [7, 11) is 0. The highest BCUT2D eigenvalue weighted by molar-refractivity contribution is 9.10. The maximum absolute atomic E-state index is 9.39. The number of nitriles is 1. The summed E-state index contributed by atoms with van der Waals surface area (Å²) in [5.41, 5.74) is 3.30. The molecule has 0 amide bonds. The number of ether oxygens (including phenoxy) is 1. The topological polar surface area (TPSA) is 58.8 Å². The second-order valence-corrected chi connectivity index (χ2v) is 5.46. The zero-order valence-electron chi connectivity index (χ0n) is 12.1. The number of benzene rings is 1. The van der Waals surface area contributed by atoms with Gasteiger partial charge in [-0.15, -0.1) is 5.10 Å². The standard InChI is InChI=1S/C16H16BrN3O/c1-3-13-14(9-18)16(20-19-15(13)4-2)21-10-11-6-5-7-12(17)8-11/h5-8H,3-4,10H2,1-2H3. The first-order valence-corrected chi connectivity index (χ1v) is 7.64. The first kappa shape index (κ1) is 15.5. The van der Waals surface area contributed by atoms with Crippen LogP contribution < -0.4 is 4.74 Å². The Morgan fingerprint density at radius 3 is 2.67 bits per heavy atom. The molecule has 1 aromatic carbocycles. The van der Waals surface area contributed by atoms with Crippen molar-refractivity contribution in [2.24, 2.45) is 0 Å². The van der Waals surface area contributed by atoms with E-state index in [4.69, 9.17) is 4.74 Å². The summed E-state index contributed by atoms with van der Waals surface area (Å²) < 4.78 is 6.69. The van der Waals surface area contributed by atoms with Gasteiger partial charge in [0.2, 0.25) is 0 Å². The van der Waals surface area contributed by atoms with Crippen LogP contribution in [-0.4, -0.2) is 10.2 Å². The highest BCUT2D eigenvalue weighted by Gasteiger charge is 2.15. The lowest BCUT2D eigenvalue weighted by molar-refractivity contribution is 0.288. The summed E-state index contributed by atoms with van der Waals surface area (Å²) in [5.74, 6) is 0.312. The van der Waals surface area contributed by atoms with Gasteiger partial charge in [-0.05, 0) is 36.1 Å². The van der Waals surface area contributed by atoms with Crippen LogP contribution in [0.15, 0.2) is 28.7 Å². The van der Waals surface area contributed by atoms with Crippen LogP contribution in [0.1, 0.15) is 36.2 Å². The van der Waals surface area contributed by atoms with Gasteiger partial charge in [0.25, 0.3) is 5.88 Å². The summed E-state index contributed by atoms with van der Waals surface area (Å²) in [6.45, 7) is 4.37. The SMILES string of the molecule is CCc1nnc(OCc2cccc(Br)c2)c(C#N)c1CC. The Kier molecular flexibility index (Phi) is 5.29. The highest BCUT2D eigenvalue weighted by atomic mass is 79.9. The maximum Gasteiger partial charge on any atom is 0.252 e. The second kappa shape index (κ2) is 7.19. The number of halogens is 1. The van der Waals surface area contributed by atoms with E-state index in [1.807, 2.05) is 38.1 Å². The number of aryl methyl sites for hydroxylation is 1. The predicted molar refractivity (Wildman–Crippen MR) is 84.0 cm³/mol. The van der Waals surface area contributed by atoms with Crippen molar-refractivity contribution in [1.82, 2.24) is 10.2 Å². The summed E-state index contributed by atoms with van der Waals surface area (Å²) >= 11 is 3.42. The smallest absolute Gasteiger partial charge is 0.252 e. The monoisotopic (exact) mass is 345 g/mol. The molecule has 4 nitrogen and oxygen atoms in total. The molecule has 0 atom stereocenters. The Morgan fingerprint density at radius 2 is 2.05 bits per heavy atom. The fraction of sp³-hybridized carbons (Fsp3) is 0.312. The summed E-state index contributed by atoms with van der Waals surface area (Å²) in [6, 6.07) is 10.0. The van der Waals surface area contributed by atoms with Crippen molar-refractivity contribution in [2.75, 3.05) is 0 Å². The third kappa shape index (κ3) is 3.59. The normalized spacial score (nSPS) is 10.2. The number of hydrogen-bond acceptors (Lipinski definition) is 4. The molecule has 0 unspecified atom stereocenters. The van der Waals surface area contributed by atoms with Crippen molar-refractivity contribution in [3.8, 4) is 11.9 Å². The van der Waals surface area contributed by atoms with E-state index < -0.39 is 0 Å². The molecule has 0 aliphatic rings. The van der Waals surface area contributed by atoms with Crippen LogP contribution in [0.5, 0.6) is 5.88 Å². The third-order valence-corrected chi connectivity index (χ3v) is 3.68. The molecule has 2 aromatic rings. The van der Waals surface area contributed by atoms with Crippen molar-refractivity contribution in [3.63, 3.8) is 0 Å². The predicted octanol–water partition coefficient (Wildman–Crippen LogP) is 3.81. The van der Waals surface area contributed by atoms with Gasteiger partial charge >= 0.3 is 0 Å². The van der Waals surface area contributed by atoms with E-state index in [-0.39, 0.29) is 0 Å². The molecule has 0 saturated carbocycles. The Morgan fingerprint density at radius 1 is 1.24 bits per heavy atom. The Hall–Kier alpha value is -1.93. The molecule has 0 radical (unpaired) electrons. The van der Waals surface area contributed by atoms with Gasteiger partial charge in [-0.3, -0.25) is 0 Å². The van der Waals surface area contributed by atoms with Crippen LogP contribution in [0.25, 0.3) is 0 Å². The van der Waals surface area contributed by atoms with Crippen LogP contribution >= 0.6 is 15.9 Å². The van der Waals surface area contributed by atoms with Crippen LogP contribution in [0, 0.1) is 11.3 Å². The number of hydrogen-bond donors (Lipinski definition) is 0. The van der Waals surface area contributed by atoms with Crippen molar-refractivity contribution in [3.05, 3.63) is 51.1 Å². The van der Waals surface area contributed by atoms with Crippen molar-refractivity contribution >= 4 is 15.9 Å². The molecule has 2 rings (SSSR count). The van der Waals surface area contributed by atoms with E-state index >= 15 is 0 Å². The molecular weight excluding hydrogens is 330 g/mol. The van der Waals surface area contributed by atoms with Gasteiger partial charge in [-0.2, -0.15) is 10.4 Å². The summed E-state index contributed by atoms with van der Waals surface area (Å²) in [6.07, 6.45) is 1.51. The van der Waals surface area contributed by atoms with Crippen LogP contribution in [0.4, 0.5) is 0 Å². The molecule has 108 valence electrons. The van der Waals surface area contributed by atoms with E-state index in [1.54, 1.807) is 0 Å². The highest BCUT2D eigenvalue weighted by Crippen LogP contribution is 2.23. The first-order valence-electron chi connectivity index (χ1n) is 6.85. The minimum absolute atomic E-state index is 0.312. The van der Waals surface area contributed by atoms with Crippen LogP contribution in [0.3, 0.4) is 0 Å². The second-order valence-electron chi connectivity index (χ2n) is 4.54. The fourth-order valence-electron chi connectivity index (χ4n) is 2.15. The molecule has 0 bridgehead atoms. The van der Waals surface area contributed by atoms with Gasteiger partial charge < -0.3 is 4.74 Å². The van der Waals surface area contributed by atoms with Gasteiger partial charge in [0.15, 0.2) is 0 Å². The van der Waals surface area contributed by atoms with Gasteiger partial charge in [0.1, 0.15) is 18.2 Å². The quantitative estimate of drug-likeness (QED) is 0.826. The number of rotatable bonds is 5. The zero-order valence-corrected chi connectivity index (χ0v) is 13.6. The van der Waals surface area contributed by atoms with Crippen molar-refractivity contribution in [1.29, 1.82) is 5.26 Å². The molecule has 0 aliphatic carbocycles. The molecule has 0 fully saturated rings.